The normalized spacial score (nSPS) is 22.0. The van der Waals surface area contributed by atoms with Crippen molar-refractivity contribution in [1.82, 2.24) is 20.2 Å². The first-order chi connectivity index (χ1) is 18.9. The number of anilines is 3. The van der Waals surface area contributed by atoms with E-state index in [1.165, 1.54) is 6.07 Å². The number of halogens is 3. The fraction of sp³-hybridized carbons (Fsp3) is 0.423. The van der Waals surface area contributed by atoms with E-state index in [0.717, 1.165) is 48.3 Å². The van der Waals surface area contributed by atoms with Gasteiger partial charge in [0.2, 0.25) is 5.95 Å². The SMILES string of the molecule is CCc1cc(N2C[C@H]3C[C@@H]2CN3)ccc1Nc1ncc(C(F)(F)F)c(-c2cc3c(s2)C(=S)N(C)CCS3(=O)=O)n1. The number of nitrogens with one attached hydrogen (secondary N) is 2. The summed E-state index contributed by atoms with van der Waals surface area (Å²) in [5, 5.41) is 6.60. The monoisotopic (exact) mass is 608 g/mol. The van der Waals surface area contributed by atoms with E-state index < -0.39 is 21.6 Å². The average Bonchev–Trinajstić information content (AvgIpc) is 3.66. The van der Waals surface area contributed by atoms with Gasteiger partial charge in [0.05, 0.1) is 26.1 Å². The van der Waals surface area contributed by atoms with Crippen molar-refractivity contribution in [2.24, 2.45) is 0 Å². The van der Waals surface area contributed by atoms with Gasteiger partial charge < -0.3 is 20.4 Å². The molecule has 3 aromatic rings. The van der Waals surface area contributed by atoms with Gasteiger partial charge in [0.15, 0.2) is 9.84 Å². The fourth-order valence-electron chi connectivity index (χ4n) is 5.52. The topological polar surface area (TPSA) is 90.5 Å². The number of piperazine rings is 1. The van der Waals surface area contributed by atoms with Gasteiger partial charge in [-0.1, -0.05) is 19.1 Å². The minimum atomic E-state index is -4.74. The third-order valence-electron chi connectivity index (χ3n) is 7.70. The van der Waals surface area contributed by atoms with Crippen LogP contribution < -0.4 is 15.5 Å². The number of fused-ring (bicyclic) bond motifs is 3. The molecule has 2 atom stereocenters. The number of hydrogen-bond donors (Lipinski definition) is 2. The summed E-state index contributed by atoms with van der Waals surface area (Å²) in [6.45, 7) is 4.14. The quantitative estimate of drug-likeness (QED) is 0.407. The van der Waals surface area contributed by atoms with Crippen LogP contribution in [0, 0.1) is 0 Å². The number of thiocarbonyl (C=S) groups is 1. The highest BCUT2D eigenvalue weighted by Crippen LogP contribution is 2.42. The summed E-state index contributed by atoms with van der Waals surface area (Å²) >= 11 is 6.35. The molecule has 212 valence electrons. The van der Waals surface area contributed by atoms with Gasteiger partial charge in [-0.05, 0) is 42.7 Å². The molecule has 40 heavy (non-hydrogen) atoms. The Balaban J connectivity index is 1.37. The molecule has 2 N–H and O–H groups in total. The van der Waals surface area contributed by atoms with Crippen LogP contribution in [0.4, 0.5) is 30.5 Å². The van der Waals surface area contributed by atoms with Gasteiger partial charge in [-0.3, -0.25) is 0 Å². The van der Waals surface area contributed by atoms with Crippen LogP contribution in [-0.2, 0) is 22.4 Å². The number of aryl methyl sites for hydroxylation is 1. The van der Waals surface area contributed by atoms with Crippen molar-refractivity contribution in [2.45, 2.75) is 42.9 Å². The first kappa shape index (κ1) is 27.4. The number of benzene rings is 1. The average molecular weight is 609 g/mol. The standard InChI is InChI=1S/C26H27F3N6O2S3/c1-3-14-8-16(35-13-15-9-17(35)11-30-15)4-5-19(14)32-25-31-12-18(26(27,28)29)22(33-25)20-10-21-23(39-20)24(38)34(2)6-7-40(21,36)37/h4-5,8,10,12,15,17,30H,3,6-7,9,11,13H2,1-2H3,(H,31,32,33)/t15-,17-/m1/s1. The number of nitrogens with zero attached hydrogens (tertiary/aromatic N) is 4. The molecule has 8 nitrogen and oxygen atoms in total. The number of aromatic nitrogens is 2. The van der Waals surface area contributed by atoms with Gasteiger partial charge in [-0.2, -0.15) is 13.2 Å². The molecule has 0 unspecified atom stereocenters. The molecular weight excluding hydrogens is 582 g/mol. The van der Waals surface area contributed by atoms with Crippen LogP contribution in [0.1, 0.15) is 29.3 Å². The Morgan fingerprint density at radius 2 is 2.08 bits per heavy atom. The maximum absolute atomic E-state index is 14.0. The molecule has 0 saturated carbocycles. The molecule has 0 aliphatic carbocycles. The van der Waals surface area contributed by atoms with Crippen molar-refractivity contribution in [3.63, 3.8) is 0 Å². The Morgan fingerprint density at radius 3 is 2.75 bits per heavy atom. The van der Waals surface area contributed by atoms with Gasteiger partial charge in [-0.25, -0.2) is 18.4 Å². The second kappa shape index (κ2) is 9.93. The highest BCUT2D eigenvalue weighted by molar-refractivity contribution is 7.92. The molecule has 6 rings (SSSR count). The molecular formula is C26H27F3N6O2S3. The van der Waals surface area contributed by atoms with Crippen molar-refractivity contribution in [2.75, 3.05) is 42.7 Å². The molecule has 14 heteroatoms. The zero-order valence-corrected chi connectivity index (χ0v) is 24.2. The number of thiophene rings is 1. The van der Waals surface area contributed by atoms with E-state index >= 15 is 0 Å². The highest BCUT2D eigenvalue weighted by atomic mass is 32.2. The molecule has 5 heterocycles. The van der Waals surface area contributed by atoms with Gasteiger partial charge in [-0.15, -0.1) is 11.3 Å². The molecule has 0 spiro atoms. The highest BCUT2D eigenvalue weighted by Gasteiger charge is 2.39. The van der Waals surface area contributed by atoms with Gasteiger partial charge in [0.25, 0.3) is 0 Å². The molecule has 2 bridgehead atoms. The maximum Gasteiger partial charge on any atom is 0.420 e. The predicted octanol–water partition coefficient (Wildman–Crippen LogP) is 4.48. The van der Waals surface area contributed by atoms with E-state index in [9.17, 15) is 21.6 Å². The molecule has 1 aromatic carbocycles. The van der Waals surface area contributed by atoms with Crippen LogP contribution in [0.25, 0.3) is 10.6 Å². The second-order valence-corrected chi connectivity index (χ2v) is 13.8. The lowest BCUT2D eigenvalue weighted by Gasteiger charge is -2.30. The predicted molar refractivity (Wildman–Crippen MR) is 153 cm³/mol. The van der Waals surface area contributed by atoms with Crippen molar-refractivity contribution in [1.29, 1.82) is 0 Å². The zero-order chi connectivity index (χ0) is 28.4. The van der Waals surface area contributed by atoms with Crippen LogP contribution in [0.15, 0.2) is 35.4 Å². The lowest BCUT2D eigenvalue weighted by atomic mass is 10.1. The first-order valence-electron chi connectivity index (χ1n) is 12.9. The van der Waals surface area contributed by atoms with Gasteiger partial charge in [0, 0.05) is 56.3 Å². The summed E-state index contributed by atoms with van der Waals surface area (Å²) < 4.78 is 67.9. The molecule has 0 amide bonds. The lowest BCUT2D eigenvalue weighted by molar-refractivity contribution is -0.137. The number of alkyl halides is 3. The Bertz CT molecular complexity index is 1610. The van der Waals surface area contributed by atoms with Crippen molar-refractivity contribution >= 4 is 55.7 Å². The van der Waals surface area contributed by atoms with Gasteiger partial charge >= 0.3 is 6.18 Å². The van der Waals surface area contributed by atoms with Crippen molar-refractivity contribution in [3.8, 4) is 10.6 Å². The number of hydrogen-bond acceptors (Lipinski definition) is 9. The summed E-state index contributed by atoms with van der Waals surface area (Å²) in [4.78, 5) is 12.8. The van der Waals surface area contributed by atoms with E-state index in [2.05, 4.69) is 31.6 Å². The summed E-state index contributed by atoms with van der Waals surface area (Å²) in [7, 11) is -2.06. The largest absolute Gasteiger partial charge is 0.420 e. The number of rotatable bonds is 5. The zero-order valence-electron chi connectivity index (χ0n) is 21.7. The molecule has 3 aliphatic heterocycles. The fourth-order valence-corrected chi connectivity index (χ4v) is 8.95. The molecule has 2 fully saturated rings. The number of sulfone groups is 1. The minimum Gasteiger partial charge on any atom is -0.366 e. The van der Waals surface area contributed by atoms with Crippen LogP contribution >= 0.6 is 23.6 Å². The van der Waals surface area contributed by atoms with Gasteiger partial charge in [0.1, 0.15) is 10.6 Å². The van der Waals surface area contributed by atoms with Crippen LogP contribution in [-0.4, -0.2) is 72.8 Å². The summed E-state index contributed by atoms with van der Waals surface area (Å²) in [6, 6.07) is 8.24. The van der Waals surface area contributed by atoms with E-state index in [1.807, 2.05) is 19.1 Å². The summed E-state index contributed by atoms with van der Waals surface area (Å²) in [5.41, 5.74) is 1.37. The molecule has 0 radical (unpaired) electrons. The first-order valence-corrected chi connectivity index (χ1v) is 15.8. The van der Waals surface area contributed by atoms with E-state index in [0.29, 0.717) is 24.2 Å². The Morgan fingerprint density at radius 1 is 1.27 bits per heavy atom. The van der Waals surface area contributed by atoms with Crippen molar-refractivity contribution in [3.05, 3.63) is 46.5 Å². The summed E-state index contributed by atoms with van der Waals surface area (Å²) in [5.74, 6) is -0.193. The lowest BCUT2D eigenvalue weighted by Crippen LogP contribution is -2.43. The molecule has 2 saturated heterocycles. The Kier molecular flexibility index (Phi) is 6.79. The summed E-state index contributed by atoms with van der Waals surface area (Å²) in [6.07, 6.45) is -2.18. The van der Waals surface area contributed by atoms with E-state index in [1.54, 1.807) is 11.9 Å². The molecule has 2 aromatic heterocycles. The maximum atomic E-state index is 14.0. The van der Waals surface area contributed by atoms with Crippen LogP contribution in [0.5, 0.6) is 0 Å². The third kappa shape index (κ3) is 4.84. The smallest absolute Gasteiger partial charge is 0.366 e. The Hall–Kier alpha value is -2.81. The second-order valence-electron chi connectivity index (χ2n) is 10.3. The van der Waals surface area contributed by atoms with Crippen LogP contribution in [0.3, 0.4) is 0 Å². The van der Waals surface area contributed by atoms with Crippen molar-refractivity contribution < 1.29 is 21.6 Å². The molecule has 3 aliphatic rings. The third-order valence-corrected chi connectivity index (χ3v) is 11.3. The van der Waals surface area contributed by atoms with E-state index in [4.69, 9.17) is 12.2 Å². The van der Waals surface area contributed by atoms with Crippen LogP contribution in [0.2, 0.25) is 0 Å². The minimum absolute atomic E-state index is 0.0129. The Labute approximate surface area is 239 Å². The van der Waals surface area contributed by atoms with E-state index in [-0.39, 0.29) is 43.6 Å².